The van der Waals surface area contributed by atoms with Crippen LogP contribution in [0, 0.1) is 0 Å². The fraction of sp³-hybridized carbons (Fsp3) is 0.222. The maximum absolute atomic E-state index is 5.35. The van der Waals surface area contributed by atoms with Gasteiger partial charge in [-0.3, -0.25) is 0 Å². The van der Waals surface area contributed by atoms with Crippen molar-refractivity contribution in [3.63, 3.8) is 0 Å². The van der Waals surface area contributed by atoms with Crippen LogP contribution >= 0.6 is 0 Å². The van der Waals surface area contributed by atoms with Crippen molar-refractivity contribution in [1.82, 2.24) is 0 Å². The van der Waals surface area contributed by atoms with Crippen LogP contribution in [0.15, 0.2) is 29.4 Å². The van der Waals surface area contributed by atoms with E-state index in [9.17, 15) is 0 Å². The summed E-state index contributed by atoms with van der Waals surface area (Å²) in [6.07, 6.45) is 0. The summed E-state index contributed by atoms with van der Waals surface area (Å²) in [5.74, 6) is 6.66. The van der Waals surface area contributed by atoms with E-state index in [1.165, 1.54) is 0 Å². The van der Waals surface area contributed by atoms with E-state index >= 15 is 0 Å². The van der Waals surface area contributed by atoms with Crippen molar-refractivity contribution < 1.29 is 9.47 Å². The largest absolute Gasteiger partial charge is 0.497 e. The Labute approximate surface area is 82.3 Å². The molecule has 0 aromatic heterocycles. The maximum atomic E-state index is 5.35. The molecule has 0 unspecified atom stereocenters. The first-order valence-corrected chi connectivity index (χ1v) is 4.05. The van der Waals surface area contributed by atoms with Gasteiger partial charge in [-0.25, -0.2) is 0 Å². The zero-order valence-electron chi connectivity index (χ0n) is 7.93. The van der Waals surface area contributed by atoms with Crippen LogP contribution in [0.25, 0.3) is 0 Å². The van der Waals surface area contributed by atoms with Crippen LogP contribution in [-0.2, 0) is 0 Å². The molecule has 0 aliphatic heterocycles. The average Bonchev–Trinajstić information content (AvgIpc) is 2.26. The highest BCUT2D eigenvalue weighted by atomic mass is 16.5. The second-order valence-corrected chi connectivity index (χ2v) is 2.58. The molecule has 5 nitrogen and oxygen atoms in total. The Balaban J connectivity index is 2.52. The number of nitrogens with two attached hydrogens (primary N) is 2. The third kappa shape index (κ3) is 2.85. The van der Waals surface area contributed by atoms with Crippen LogP contribution in [0.1, 0.15) is 0 Å². The molecule has 0 fully saturated rings. The first kappa shape index (κ1) is 10.2. The lowest BCUT2D eigenvalue weighted by Crippen LogP contribution is -2.22. The molecule has 0 heterocycles. The Morgan fingerprint density at radius 2 is 1.86 bits per heavy atom. The lowest BCUT2D eigenvalue weighted by molar-refractivity contribution is 0.372. The summed E-state index contributed by atoms with van der Waals surface area (Å²) in [5, 5.41) is 3.28. The minimum absolute atomic E-state index is 0.183. The number of rotatable bonds is 4. The Bertz CT molecular complexity index is 308. The molecular formula is C9H13N3O2. The number of methoxy groups -OCH3 is 1. The van der Waals surface area contributed by atoms with Gasteiger partial charge < -0.3 is 21.1 Å². The highest BCUT2D eigenvalue weighted by Crippen LogP contribution is 2.16. The maximum Gasteiger partial charge on any atom is 0.157 e. The molecule has 0 bridgehead atoms. The molecule has 0 saturated heterocycles. The monoisotopic (exact) mass is 195 g/mol. The highest BCUT2D eigenvalue weighted by molar-refractivity contribution is 5.81. The van der Waals surface area contributed by atoms with E-state index in [4.69, 9.17) is 21.1 Å². The minimum atomic E-state index is 0.183. The number of hydrogen-bond donors (Lipinski definition) is 2. The van der Waals surface area contributed by atoms with Crippen LogP contribution in [0.3, 0.4) is 0 Å². The van der Waals surface area contributed by atoms with Crippen LogP contribution in [0.5, 0.6) is 11.5 Å². The zero-order chi connectivity index (χ0) is 10.4. The van der Waals surface area contributed by atoms with Gasteiger partial charge in [0.2, 0.25) is 0 Å². The molecule has 1 rings (SSSR count). The van der Waals surface area contributed by atoms with Gasteiger partial charge in [0, 0.05) is 0 Å². The van der Waals surface area contributed by atoms with E-state index in [1.54, 1.807) is 31.4 Å². The predicted molar refractivity (Wildman–Crippen MR) is 54.3 cm³/mol. The van der Waals surface area contributed by atoms with Crippen LogP contribution < -0.4 is 21.1 Å². The number of benzene rings is 1. The van der Waals surface area contributed by atoms with E-state index in [1.807, 2.05) is 0 Å². The van der Waals surface area contributed by atoms with Crippen molar-refractivity contribution in [3.8, 4) is 11.5 Å². The zero-order valence-corrected chi connectivity index (χ0v) is 7.93. The second kappa shape index (κ2) is 4.96. The van der Waals surface area contributed by atoms with Gasteiger partial charge in [0.1, 0.15) is 18.1 Å². The normalized spacial score (nSPS) is 11.1. The standard InChI is InChI=1S/C9H13N3O2/c1-13-7-2-4-8(5-3-7)14-6-9(10)12-11/h2-5H,6,11H2,1H3,(H2,10,12). The van der Waals surface area contributed by atoms with Gasteiger partial charge in [0.05, 0.1) is 7.11 Å². The van der Waals surface area contributed by atoms with Crippen LogP contribution in [0.2, 0.25) is 0 Å². The van der Waals surface area contributed by atoms with Gasteiger partial charge >= 0.3 is 0 Å². The molecule has 1 aromatic carbocycles. The number of amidine groups is 1. The minimum Gasteiger partial charge on any atom is -0.497 e. The Morgan fingerprint density at radius 3 is 2.36 bits per heavy atom. The van der Waals surface area contributed by atoms with Gasteiger partial charge in [-0.2, -0.15) is 5.10 Å². The molecule has 4 N–H and O–H groups in total. The van der Waals surface area contributed by atoms with E-state index in [-0.39, 0.29) is 12.4 Å². The molecule has 76 valence electrons. The smallest absolute Gasteiger partial charge is 0.157 e. The third-order valence-electron chi connectivity index (χ3n) is 1.61. The lowest BCUT2D eigenvalue weighted by atomic mass is 10.3. The van der Waals surface area contributed by atoms with Crippen molar-refractivity contribution in [2.24, 2.45) is 16.7 Å². The van der Waals surface area contributed by atoms with Gasteiger partial charge in [-0.1, -0.05) is 0 Å². The molecule has 0 aliphatic carbocycles. The fourth-order valence-electron chi connectivity index (χ4n) is 0.866. The summed E-state index contributed by atoms with van der Waals surface area (Å²) in [5.41, 5.74) is 5.35. The van der Waals surface area contributed by atoms with Gasteiger partial charge in [-0.05, 0) is 24.3 Å². The van der Waals surface area contributed by atoms with Crippen molar-refractivity contribution in [3.05, 3.63) is 24.3 Å². The SMILES string of the molecule is COc1ccc(OC/C(N)=N/N)cc1. The van der Waals surface area contributed by atoms with Crippen LogP contribution in [0.4, 0.5) is 0 Å². The van der Waals surface area contributed by atoms with Crippen molar-refractivity contribution >= 4 is 5.84 Å². The Morgan fingerprint density at radius 1 is 1.29 bits per heavy atom. The topological polar surface area (TPSA) is 82.9 Å². The van der Waals surface area contributed by atoms with E-state index in [0.717, 1.165) is 5.75 Å². The van der Waals surface area contributed by atoms with Crippen LogP contribution in [-0.4, -0.2) is 19.6 Å². The first-order chi connectivity index (χ1) is 6.76. The summed E-state index contributed by atoms with van der Waals surface area (Å²) < 4.78 is 10.3. The fourth-order valence-corrected chi connectivity index (χ4v) is 0.866. The second-order valence-electron chi connectivity index (χ2n) is 2.58. The van der Waals surface area contributed by atoms with Gasteiger partial charge in [-0.15, -0.1) is 0 Å². The summed E-state index contributed by atoms with van der Waals surface area (Å²) in [6, 6.07) is 7.15. The van der Waals surface area contributed by atoms with Crippen molar-refractivity contribution in [2.45, 2.75) is 0 Å². The molecule has 0 spiro atoms. The third-order valence-corrected chi connectivity index (χ3v) is 1.61. The number of nitrogens with zero attached hydrogens (tertiary/aromatic N) is 1. The van der Waals surface area contributed by atoms with Gasteiger partial charge in [0.15, 0.2) is 5.84 Å². The Kier molecular flexibility index (Phi) is 3.60. The lowest BCUT2D eigenvalue weighted by Gasteiger charge is -2.05. The highest BCUT2D eigenvalue weighted by Gasteiger charge is 1.96. The van der Waals surface area contributed by atoms with Crippen molar-refractivity contribution in [2.75, 3.05) is 13.7 Å². The summed E-state index contributed by atoms with van der Waals surface area (Å²) in [4.78, 5) is 0. The number of hydrazone groups is 1. The molecule has 14 heavy (non-hydrogen) atoms. The van der Waals surface area contributed by atoms with Crippen molar-refractivity contribution in [1.29, 1.82) is 0 Å². The molecular weight excluding hydrogens is 182 g/mol. The average molecular weight is 195 g/mol. The van der Waals surface area contributed by atoms with Gasteiger partial charge in [0.25, 0.3) is 0 Å². The molecule has 0 radical (unpaired) electrons. The quantitative estimate of drug-likeness (QED) is 0.313. The molecule has 5 heteroatoms. The molecule has 1 aromatic rings. The number of hydrogen-bond acceptors (Lipinski definition) is 4. The molecule has 0 saturated carbocycles. The molecule has 0 atom stereocenters. The Hall–Kier alpha value is -1.91. The van der Waals surface area contributed by atoms with E-state index < -0.39 is 0 Å². The molecule has 0 amide bonds. The number of ether oxygens (including phenoxy) is 2. The molecule has 0 aliphatic rings. The summed E-state index contributed by atoms with van der Waals surface area (Å²) in [6.45, 7) is 0.183. The van der Waals surface area contributed by atoms with E-state index in [0.29, 0.717) is 5.75 Å². The predicted octanol–water partition coefficient (Wildman–Crippen LogP) is 0.305. The van der Waals surface area contributed by atoms with E-state index in [2.05, 4.69) is 5.10 Å². The summed E-state index contributed by atoms with van der Waals surface area (Å²) in [7, 11) is 1.61. The summed E-state index contributed by atoms with van der Waals surface area (Å²) >= 11 is 0. The first-order valence-electron chi connectivity index (χ1n) is 4.05.